The second kappa shape index (κ2) is 5.48. The molecule has 2 aliphatic rings. The van der Waals surface area contributed by atoms with Crippen LogP contribution in [0, 0.1) is 5.41 Å². The summed E-state index contributed by atoms with van der Waals surface area (Å²) in [5, 5.41) is 11.8. The lowest BCUT2D eigenvalue weighted by Crippen LogP contribution is -2.42. The van der Waals surface area contributed by atoms with Crippen molar-refractivity contribution < 1.29 is 14.7 Å². The molecule has 0 bridgehead atoms. The van der Waals surface area contributed by atoms with E-state index in [2.05, 4.69) is 28.4 Å². The van der Waals surface area contributed by atoms with E-state index in [-0.39, 0.29) is 5.91 Å². The Morgan fingerprint density at radius 1 is 1.24 bits per heavy atom. The molecule has 0 aromatic heterocycles. The van der Waals surface area contributed by atoms with Gasteiger partial charge in [0.1, 0.15) is 5.41 Å². The fourth-order valence-electron chi connectivity index (χ4n) is 2.90. The summed E-state index contributed by atoms with van der Waals surface area (Å²) in [6.45, 7) is 3.15. The van der Waals surface area contributed by atoms with Crippen LogP contribution in [0.3, 0.4) is 0 Å². The van der Waals surface area contributed by atoms with Gasteiger partial charge >= 0.3 is 5.97 Å². The van der Waals surface area contributed by atoms with E-state index in [0.29, 0.717) is 19.4 Å². The van der Waals surface area contributed by atoms with E-state index >= 15 is 0 Å². The van der Waals surface area contributed by atoms with Crippen LogP contribution in [-0.4, -0.2) is 41.5 Å². The molecule has 0 atom stereocenters. The number of carbonyl (C=O) groups excluding carboxylic acids is 1. The van der Waals surface area contributed by atoms with Crippen LogP contribution in [0.15, 0.2) is 24.3 Å². The van der Waals surface area contributed by atoms with Gasteiger partial charge in [-0.1, -0.05) is 24.3 Å². The highest BCUT2D eigenvalue weighted by Crippen LogP contribution is 2.45. The monoisotopic (exact) mass is 288 g/mol. The summed E-state index contributed by atoms with van der Waals surface area (Å²) in [6.07, 6.45) is 1.96. The molecule has 1 aromatic rings. The molecule has 1 aromatic carbocycles. The molecular formula is C16H20N2O3. The van der Waals surface area contributed by atoms with Crippen LogP contribution in [0.25, 0.3) is 0 Å². The van der Waals surface area contributed by atoms with E-state index in [0.717, 1.165) is 26.1 Å². The third-order valence-electron chi connectivity index (χ3n) is 4.52. The van der Waals surface area contributed by atoms with Gasteiger partial charge in [-0.3, -0.25) is 14.5 Å². The minimum Gasteiger partial charge on any atom is -0.480 e. The highest BCUT2D eigenvalue weighted by atomic mass is 16.4. The van der Waals surface area contributed by atoms with Gasteiger partial charge in [-0.25, -0.2) is 0 Å². The van der Waals surface area contributed by atoms with Gasteiger partial charge in [-0.2, -0.15) is 0 Å². The van der Waals surface area contributed by atoms with Crippen LogP contribution in [0.2, 0.25) is 0 Å². The maximum absolute atomic E-state index is 11.9. The van der Waals surface area contributed by atoms with Crippen molar-refractivity contribution in [2.45, 2.75) is 25.8 Å². The van der Waals surface area contributed by atoms with Crippen LogP contribution in [0.5, 0.6) is 0 Å². The molecule has 21 heavy (non-hydrogen) atoms. The Balaban J connectivity index is 1.47. The molecule has 5 heteroatoms. The van der Waals surface area contributed by atoms with E-state index in [9.17, 15) is 9.59 Å². The summed E-state index contributed by atoms with van der Waals surface area (Å²) in [4.78, 5) is 25.2. The van der Waals surface area contributed by atoms with E-state index in [1.807, 2.05) is 6.07 Å². The third kappa shape index (κ3) is 2.78. The average molecular weight is 288 g/mol. The first-order valence-corrected chi connectivity index (χ1v) is 7.43. The second-order valence-electron chi connectivity index (χ2n) is 5.94. The Morgan fingerprint density at radius 3 is 2.62 bits per heavy atom. The van der Waals surface area contributed by atoms with E-state index < -0.39 is 11.4 Å². The molecule has 0 unspecified atom stereocenters. The molecule has 0 saturated heterocycles. The number of benzene rings is 1. The Kier molecular flexibility index (Phi) is 3.68. The second-order valence-corrected chi connectivity index (χ2v) is 5.94. The van der Waals surface area contributed by atoms with Crippen molar-refractivity contribution in [3.63, 3.8) is 0 Å². The van der Waals surface area contributed by atoms with Gasteiger partial charge in [0.15, 0.2) is 0 Å². The van der Waals surface area contributed by atoms with Crippen LogP contribution in [0.4, 0.5) is 0 Å². The fraction of sp³-hybridized carbons (Fsp3) is 0.500. The number of nitrogens with zero attached hydrogens (tertiary/aromatic N) is 1. The minimum atomic E-state index is -1.13. The molecule has 1 aliphatic heterocycles. The molecule has 0 radical (unpaired) electrons. The smallest absolute Gasteiger partial charge is 0.319 e. The van der Waals surface area contributed by atoms with Gasteiger partial charge in [0, 0.05) is 26.2 Å². The largest absolute Gasteiger partial charge is 0.480 e. The predicted octanol–water partition coefficient (Wildman–Crippen LogP) is 1.03. The predicted molar refractivity (Wildman–Crippen MR) is 77.7 cm³/mol. The van der Waals surface area contributed by atoms with Crippen molar-refractivity contribution in [2.75, 3.05) is 19.6 Å². The zero-order valence-electron chi connectivity index (χ0n) is 12.0. The van der Waals surface area contributed by atoms with Gasteiger partial charge in [0.05, 0.1) is 0 Å². The van der Waals surface area contributed by atoms with E-state index in [4.69, 9.17) is 5.11 Å². The molecule has 2 N–H and O–H groups in total. The normalized spacial score (nSPS) is 19.6. The zero-order chi connectivity index (χ0) is 14.9. The number of fused-ring (bicyclic) bond motifs is 1. The number of hydrogen-bond acceptors (Lipinski definition) is 3. The Hall–Kier alpha value is -1.88. The Bertz CT molecular complexity index is 566. The lowest BCUT2D eigenvalue weighted by molar-refractivity contribution is -0.149. The third-order valence-corrected chi connectivity index (χ3v) is 4.52. The first kappa shape index (κ1) is 14.1. The number of hydrogen-bond donors (Lipinski definition) is 2. The van der Waals surface area contributed by atoms with Gasteiger partial charge in [-0.15, -0.1) is 0 Å². The minimum absolute atomic E-state index is 0.326. The Labute approximate surface area is 123 Å². The van der Waals surface area contributed by atoms with E-state index in [1.165, 1.54) is 11.1 Å². The van der Waals surface area contributed by atoms with Gasteiger partial charge < -0.3 is 10.4 Å². The lowest BCUT2D eigenvalue weighted by Gasteiger charge is -2.28. The highest BCUT2D eigenvalue weighted by molar-refractivity contribution is 6.04. The summed E-state index contributed by atoms with van der Waals surface area (Å²) in [5.74, 6) is -1.32. The zero-order valence-corrected chi connectivity index (χ0v) is 12.0. The maximum Gasteiger partial charge on any atom is 0.319 e. The van der Waals surface area contributed by atoms with Gasteiger partial charge in [-0.05, 0) is 30.4 Å². The van der Waals surface area contributed by atoms with Crippen molar-refractivity contribution in [1.82, 2.24) is 10.2 Å². The van der Waals surface area contributed by atoms with Crippen molar-refractivity contribution in [2.24, 2.45) is 5.41 Å². The van der Waals surface area contributed by atoms with Gasteiger partial charge in [0.25, 0.3) is 0 Å². The summed E-state index contributed by atoms with van der Waals surface area (Å²) in [5.41, 5.74) is 1.62. The molecular weight excluding hydrogens is 268 g/mol. The molecule has 1 saturated carbocycles. The standard InChI is InChI=1S/C16H20N2O3/c19-14(16(6-7-16)15(20)21)17-8-10-18-9-5-12-3-1-2-4-13(12)11-18/h1-4H,5-11H2,(H,17,19)(H,20,21). The van der Waals surface area contributed by atoms with Crippen molar-refractivity contribution >= 4 is 11.9 Å². The molecule has 3 rings (SSSR count). The number of rotatable bonds is 5. The van der Waals surface area contributed by atoms with Crippen LogP contribution < -0.4 is 5.32 Å². The van der Waals surface area contributed by atoms with Crippen molar-refractivity contribution in [3.8, 4) is 0 Å². The van der Waals surface area contributed by atoms with Crippen LogP contribution in [0.1, 0.15) is 24.0 Å². The summed E-state index contributed by atoms with van der Waals surface area (Å²) in [7, 11) is 0. The summed E-state index contributed by atoms with van der Waals surface area (Å²) in [6, 6.07) is 8.42. The average Bonchev–Trinajstić information content (AvgIpc) is 3.29. The van der Waals surface area contributed by atoms with Crippen LogP contribution in [-0.2, 0) is 22.6 Å². The molecule has 1 fully saturated rings. The number of aliphatic carboxylic acids is 1. The molecule has 0 spiro atoms. The summed E-state index contributed by atoms with van der Waals surface area (Å²) >= 11 is 0. The Morgan fingerprint density at radius 2 is 1.95 bits per heavy atom. The maximum atomic E-state index is 11.9. The first-order chi connectivity index (χ1) is 10.1. The molecule has 1 amide bonds. The molecule has 1 aliphatic carbocycles. The topological polar surface area (TPSA) is 69.6 Å². The van der Waals surface area contributed by atoms with E-state index in [1.54, 1.807) is 0 Å². The highest BCUT2D eigenvalue weighted by Gasteiger charge is 2.56. The number of carboxylic acids is 1. The number of nitrogens with one attached hydrogen (secondary N) is 1. The molecule has 5 nitrogen and oxygen atoms in total. The van der Waals surface area contributed by atoms with Crippen molar-refractivity contribution in [3.05, 3.63) is 35.4 Å². The van der Waals surface area contributed by atoms with Crippen LogP contribution >= 0.6 is 0 Å². The fourth-order valence-corrected chi connectivity index (χ4v) is 2.90. The SMILES string of the molecule is O=C(O)C1(C(=O)NCCN2CCc3ccccc3C2)CC1. The summed E-state index contributed by atoms with van der Waals surface area (Å²) < 4.78 is 0. The van der Waals surface area contributed by atoms with Gasteiger partial charge in [0.2, 0.25) is 5.91 Å². The number of carboxylic acid groups (broad SMARTS) is 1. The van der Waals surface area contributed by atoms with Crippen molar-refractivity contribution in [1.29, 1.82) is 0 Å². The quantitative estimate of drug-likeness (QED) is 0.794. The lowest BCUT2D eigenvalue weighted by atomic mass is 10.00. The number of carbonyl (C=O) groups is 2. The first-order valence-electron chi connectivity index (χ1n) is 7.43. The number of amides is 1. The molecule has 112 valence electrons. The molecule has 1 heterocycles.